The van der Waals surface area contributed by atoms with Gasteiger partial charge in [-0.15, -0.1) is 0 Å². The van der Waals surface area contributed by atoms with E-state index in [1.807, 2.05) is 0 Å². The van der Waals surface area contributed by atoms with Crippen molar-refractivity contribution < 1.29 is 28.7 Å². The summed E-state index contributed by atoms with van der Waals surface area (Å²) < 4.78 is 9.84. The first-order chi connectivity index (χ1) is 11.2. The van der Waals surface area contributed by atoms with Crippen LogP contribution in [0.3, 0.4) is 0 Å². The Kier molecular flexibility index (Phi) is 9.77. The first kappa shape index (κ1) is 21.4. The molecule has 0 bridgehead atoms. The Balaban J connectivity index is 4.59. The molecule has 134 valence electrons. The summed E-state index contributed by atoms with van der Waals surface area (Å²) in [5.74, 6) is -1.30. The number of hydrogen-bond donors (Lipinski definition) is 2. The van der Waals surface area contributed by atoms with Crippen molar-refractivity contribution in [1.29, 1.82) is 0 Å². The number of carbonyl (C=O) groups is 4. The van der Waals surface area contributed by atoms with E-state index in [-0.39, 0.29) is 19.0 Å². The quantitative estimate of drug-likeness (QED) is 0.328. The van der Waals surface area contributed by atoms with E-state index in [0.717, 1.165) is 12.2 Å². The zero-order valence-corrected chi connectivity index (χ0v) is 14.1. The van der Waals surface area contributed by atoms with Gasteiger partial charge in [0.05, 0.1) is 0 Å². The number of carbonyl (C=O) groups excluding carboxylic acids is 4. The Bertz CT molecular complexity index is 477. The molecule has 0 unspecified atom stereocenters. The molecule has 0 radical (unpaired) electrons. The number of rotatable bonds is 11. The Hall–Kier alpha value is -2.64. The van der Waals surface area contributed by atoms with E-state index in [4.69, 9.17) is 9.47 Å². The second-order valence-electron chi connectivity index (χ2n) is 5.37. The summed E-state index contributed by atoms with van der Waals surface area (Å²) in [5.41, 5.74) is -1.14. The molecule has 0 heterocycles. The van der Waals surface area contributed by atoms with Gasteiger partial charge < -0.3 is 24.9 Å². The van der Waals surface area contributed by atoms with Crippen molar-refractivity contribution >= 4 is 23.8 Å². The van der Waals surface area contributed by atoms with Crippen molar-refractivity contribution in [3.63, 3.8) is 0 Å². The number of ketones is 1. The van der Waals surface area contributed by atoms with Crippen LogP contribution in [-0.2, 0) is 23.9 Å². The van der Waals surface area contributed by atoms with Gasteiger partial charge in [0.1, 0.15) is 24.5 Å². The van der Waals surface area contributed by atoms with Crippen LogP contribution in [0.5, 0.6) is 0 Å². The lowest BCUT2D eigenvalue weighted by Gasteiger charge is -2.29. The van der Waals surface area contributed by atoms with E-state index in [0.29, 0.717) is 19.4 Å². The van der Waals surface area contributed by atoms with E-state index in [1.165, 1.54) is 6.92 Å². The van der Waals surface area contributed by atoms with E-state index >= 15 is 0 Å². The summed E-state index contributed by atoms with van der Waals surface area (Å²) in [6.07, 6.45) is 2.85. The van der Waals surface area contributed by atoms with Crippen LogP contribution in [0.25, 0.3) is 0 Å². The molecule has 0 aromatic carbocycles. The fourth-order valence-electron chi connectivity index (χ4n) is 1.55. The summed E-state index contributed by atoms with van der Waals surface area (Å²) in [7, 11) is 0. The fraction of sp³-hybridized carbons (Fsp3) is 0.500. The summed E-state index contributed by atoms with van der Waals surface area (Å²) in [4.78, 5) is 45.1. The van der Waals surface area contributed by atoms with Crippen LogP contribution in [0, 0.1) is 0 Å². The molecule has 0 aromatic heterocycles. The Morgan fingerprint density at radius 2 is 1.54 bits per heavy atom. The van der Waals surface area contributed by atoms with Crippen molar-refractivity contribution in [2.75, 3.05) is 19.8 Å². The molecular formula is C16H24N2O6. The molecule has 2 amide bonds. The predicted molar refractivity (Wildman–Crippen MR) is 87.2 cm³/mol. The van der Waals surface area contributed by atoms with Crippen LogP contribution >= 0.6 is 0 Å². The molecule has 0 saturated heterocycles. The highest BCUT2D eigenvalue weighted by atomic mass is 16.5. The van der Waals surface area contributed by atoms with Gasteiger partial charge in [-0.3, -0.25) is 0 Å². The van der Waals surface area contributed by atoms with Crippen molar-refractivity contribution in [2.24, 2.45) is 0 Å². The van der Waals surface area contributed by atoms with Crippen molar-refractivity contribution in [2.45, 2.75) is 32.2 Å². The van der Waals surface area contributed by atoms with Crippen LogP contribution in [-0.4, -0.2) is 49.1 Å². The van der Waals surface area contributed by atoms with Gasteiger partial charge in [0.25, 0.3) is 0 Å². The van der Waals surface area contributed by atoms with Crippen molar-refractivity contribution in [3.8, 4) is 0 Å². The maximum atomic E-state index is 11.9. The van der Waals surface area contributed by atoms with Gasteiger partial charge in [-0.1, -0.05) is 13.2 Å². The summed E-state index contributed by atoms with van der Waals surface area (Å²) in [6, 6.07) is -0.537. The third-order valence-electron chi connectivity index (χ3n) is 2.81. The molecule has 0 saturated carbocycles. The number of hydrogen-bond acceptors (Lipinski definition) is 6. The number of urea groups is 1. The molecule has 0 rings (SSSR count). The molecule has 0 aliphatic carbocycles. The Morgan fingerprint density at radius 3 is 1.96 bits per heavy atom. The molecule has 0 aliphatic heterocycles. The smallest absolute Gasteiger partial charge is 0.330 e. The standard InChI is InChI=1S/C16H24N2O6/c1-5-13(20)23-10-16(4,11-24-14(21)6-2)18-15(22)17-9-7-8-12(3)19/h5-6H,1-2,7-11H2,3-4H3,(H2,17,18,22). The second kappa shape index (κ2) is 11.0. The zero-order chi connectivity index (χ0) is 18.6. The number of esters is 2. The zero-order valence-electron chi connectivity index (χ0n) is 14.1. The third-order valence-corrected chi connectivity index (χ3v) is 2.81. The lowest BCUT2D eigenvalue weighted by atomic mass is 10.1. The Labute approximate surface area is 141 Å². The van der Waals surface area contributed by atoms with Gasteiger partial charge in [-0.05, 0) is 20.3 Å². The summed E-state index contributed by atoms with van der Waals surface area (Å²) >= 11 is 0. The average Bonchev–Trinajstić information content (AvgIpc) is 2.54. The molecule has 0 aromatic rings. The lowest BCUT2D eigenvalue weighted by Crippen LogP contribution is -2.56. The number of amides is 2. The lowest BCUT2D eigenvalue weighted by molar-refractivity contribution is -0.144. The number of nitrogens with one attached hydrogen (secondary N) is 2. The largest absolute Gasteiger partial charge is 0.460 e. The molecule has 0 atom stereocenters. The van der Waals surface area contributed by atoms with E-state index in [9.17, 15) is 19.2 Å². The normalized spacial score (nSPS) is 10.2. The monoisotopic (exact) mass is 340 g/mol. The predicted octanol–water partition coefficient (Wildman–Crippen LogP) is 0.872. The molecule has 0 aliphatic rings. The van der Waals surface area contributed by atoms with Crippen LogP contribution in [0.15, 0.2) is 25.3 Å². The van der Waals surface area contributed by atoms with Gasteiger partial charge in [0.15, 0.2) is 0 Å². The topological polar surface area (TPSA) is 111 Å². The summed E-state index contributed by atoms with van der Waals surface area (Å²) in [6.45, 7) is 9.44. The fourth-order valence-corrected chi connectivity index (χ4v) is 1.55. The molecule has 0 spiro atoms. The van der Waals surface area contributed by atoms with Crippen LogP contribution in [0.2, 0.25) is 0 Å². The Morgan fingerprint density at radius 1 is 1.04 bits per heavy atom. The molecule has 24 heavy (non-hydrogen) atoms. The highest BCUT2D eigenvalue weighted by Gasteiger charge is 2.30. The van der Waals surface area contributed by atoms with Crippen molar-refractivity contribution in [3.05, 3.63) is 25.3 Å². The van der Waals surface area contributed by atoms with Gasteiger partial charge in [-0.25, -0.2) is 14.4 Å². The maximum absolute atomic E-state index is 11.9. The maximum Gasteiger partial charge on any atom is 0.330 e. The number of ether oxygens (including phenoxy) is 2. The van der Waals surface area contributed by atoms with Gasteiger partial charge in [-0.2, -0.15) is 0 Å². The molecule has 8 heteroatoms. The van der Waals surface area contributed by atoms with Gasteiger partial charge >= 0.3 is 18.0 Å². The molecule has 0 fully saturated rings. The van der Waals surface area contributed by atoms with E-state index in [2.05, 4.69) is 23.8 Å². The minimum Gasteiger partial charge on any atom is -0.460 e. The van der Waals surface area contributed by atoms with Crippen LogP contribution < -0.4 is 10.6 Å². The van der Waals surface area contributed by atoms with Crippen LogP contribution in [0.4, 0.5) is 4.79 Å². The highest BCUT2D eigenvalue weighted by Crippen LogP contribution is 2.07. The number of Topliss-reactive ketones (excluding diaryl/α,β-unsaturated/α-hetero) is 1. The van der Waals surface area contributed by atoms with E-state index < -0.39 is 23.5 Å². The second-order valence-corrected chi connectivity index (χ2v) is 5.37. The summed E-state index contributed by atoms with van der Waals surface area (Å²) in [5, 5.41) is 5.16. The minimum atomic E-state index is -1.14. The van der Waals surface area contributed by atoms with Crippen molar-refractivity contribution in [1.82, 2.24) is 10.6 Å². The van der Waals surface area contributed by atoms with E-state index in [1.54, 1.807) is 6.92 Å². The first-order valence-electron chi connectivity index (χ1n) is 7.36. The SMILES string of the molecule is C=CC(=O)OCC(C)(COC(=O)C=C)NC(=O)NCCCC(C)=O. The average molecular weight is 340 g/mol. The highest BCUT2D eigenvalue weighted by molar-refractivity contribution is 5.82. The van der Waals surface area contributed by atoms with Crippen LogP contribution in [0.1, 0.15) is 26.7 Å². The minimum absolute atomic E-state index is 0.0368. The molecule has 2 N–H and O–H groups in total. The molecule has 8 nitrogen and oxygen atoms in total. The van der Waals surface area contributed by atoms with Gasteiger partial charge in [0.2, 0.25) is 0 Å². The third kappa shape index (κ3) is 10.1. The van der Waals surface area contributed by atoms with Gasteiger partial charge in [0, 0.05) is 25.1 Å². The molecular weight excluding hydrogens is 316 g/mol. The first-order valence-corrected chi connectivity index (χ1v) is 7.36.